The van der Waals surface area contributed by atoms with Crippen LogP contribution in [0, 0.1) is 23.7 Å². The molecule has 0 N–H and O–H groups in total. The second kappa shape index (κ2) is 4.36. The molecular weight excluding hydrogens is 240 g/mol. The van der Waals surface area contributed by atoms with Crippen molar-refractivity contribution in [3.05, 3.63) is 35.4 Å². The Morgan fingerprint density at radius 1 is 0.800 bits per heavy atom. The maximum atomic E-state index is 2.45. The van der Waals surface area contributed by atoms with E-state index in [2.05, 4.69) is 45.0 Å². The fraction of sp³-hybridized carbons (Fsp3) is 0.700. The number of rotatable bonds is 1. The van der Waals surface area contributed by atoms with E-state index in [-0.39, 0.29) is 5.41 Å². The Hall–Kier alpha value is -0.780. The molecule has 108 valence electrons. The number of benzene rings is 1. The van der Waals surface area contributed by atoms with Gasteiger partial charge in [0.15, 0.2) is 0 Å². The highest BCUT2D eigenvalue weighted by Gasteiger charge is 2.49. The Balaban J connectivity index is 1.75. The predicted octanol–water partition coefficient (Wildman–Crippen LogP) is 5.52. The van der Waals surface area contributed by atoms with Crippen LogP contribution in [0.3, 0.4) is 0 Å². The molecule has 0 heteroatoms. The van der Waals surface area contributed by atoms with Gasteiger partial charge >= 0.3 is 0 Å². The normalized spacial score (nSPS) is 39.2. The molecule has 0 aromatic heterocycles. The van der Waals surface area contributed by atoms with Crippen LogP contribution in [0.25, 0.3) is 0 Å². The van der Waals surface area contributed by atoms with Gasteiger partial charge in [0.05, 0.1) is 0 Å². The SMILES string of the molecule is CC(C)(C)c1ccccc1C1C2CC3CC(C2)CC1C3. The van der Waals surface area contributed by atoms with Crippen molar-refractivity contribution in [2.75, 3.05) is 0 Å². The van der Waals surface area contributed by atoms with E-state index in [9.17, 15) is 0 Å². The summed E-state index contributed by atoms with van der Waals surface area (Å²) in [6, 6.07) is 9.35. The van der Waals surface area contributed by atoms with E-state index in [0.717, 1.165) is 29.6 Å². The highest BCUT2D eigenvalue weighted by Crippen LogP contribution is 2.60. The zero-order valence-electron chi connectivity index (χ0n) is 13.2. The first-order valence-electron chi connectivity index (χ1n) is 8.62. The molecule has 0 unspecified atom stereocenters. The predicted molar refractivity (Wildman–Crippen MR) is 84.9 cm³/mol. The number of hydrogen-bond acceptors (Lipinski definition) is 0. The molecule has 0 radical (unpaired) electrons. The summed E-state index contributed by atoms with van der Waals surface area (Å²) < 4.78 is 0. The minimum Gasteiger partial charge on any atom is -0.0620 e. The minimum atomic E-state index is 0.283. The maximum Gasteiger partial charge on any atom is -0.0102 e. The van der Waals surface area contributed by atoms with E-state index in [1.165, 1.54) is 25.7 Å². The van der Waals surface area contributed by atoms with Gasteiger partial charge < -0.3 is 0 Å². The summed E-state index contributed by atoms with van der Waals surface area (Å²) in [6.07, 6.45) is 7.65. The second-order valence-electron chi connectivity index (χ2n) is 8.79. The molecule has 4 bridgehead atoms. The highest BCUT2D eigenvalue weighted by atomic mass is 14.5. The van der Waals surface area contributed by atoms with Gasteiger partial charge in [0.2, 0.25) is 0 Å². The van der Waals surface area contributed by atoms with Gasteiger partial charge in [0.25, 0.3) is 0 Å². The second-order valence-corrected chi connectivity index (χ2v) is 8.79. The average Bonchev–Trinajstić information content (AvgIpc) is 2.36. The van der Waals surface area contributed by atoms with Crippen molar-refractivity contribution in [2.24, 2.45) is 23.7 Å². The molecule has 0 saturated heterocycles. The minimum absolute atomic E-state index is 0.283. The first kappa shape index (κ1) is 12.9. The summed E-state index contributed by atoms with van der Waals surface area (Å²) in [5.74, 6) is 5.02. The average molecular weight is 268 g/mol. The van der Waals surface area contributed by atoms with Gasteiger partial charge in [-0.2, -0.15) is 0 Å². The van der Waals surface area contributed by atoms with Crippen LogP contribution in [0.1, 0.15) is 69.9 Å². The van der Waals surface area contributed by atoms with Crippen molar-refractivity contribution < 1.29 is 0 Å². The van der Waals surface area contributed by atoms with Crippen LogP contribution in [0.2, 0.25) is 0 Å². The first-order chi connectivity index (χ1) is 9.52. The van der Waals surface area contributed by atoms with Crippen LogP contribution in [0.5, 0.6) is 0 Å². The van der Waals surface area contributed by atoms with Crippen LogP contribution in [0.15, 0.2) is 24.3 Å². The van der Waals surface area contributed by atoms with Gasteiger partial charge in [-0.25, -0.2) is 0 Å². The van der Waals surface area contributed by atoms with E-state index in [1.807, 2.05) is 0 Å². The molecule has 1 aromatic rings. The fourth-order valence-electron chi connectivity index (χ4n) is 5.90. The van der Waals surface area contributed by atoms with Gasteiger partial charge in [0, 0.05) is 0 Å². The summed E-state index contributed by atoms with van der Waals surface area (Å²) >= 11 is 0. The third-order valence-electron chi connectivity index (χ3n) is 6.35. The van der Waals surface area contributed by atoms with Gasteiger partial charge in [-0.1, -0.05) is 45.0 Å². The van der Waals surface area contributed by atoms with Crippen LogP contribution < -0.4 is 0 Å². The molecule has 0 atom stereocenters. The molecule has 0 heterocycles. The lowest BCUT2D eigenvalue weighted by molar-refractivity contribution is -0.00328. The third-order valence-corrected chi connectivity index (χ3v) is 6.35. The topological polar surface area (TPSA) is 0 Å². The van der Waals surface area contributed by atoms with Crippen molar-refractivity contribution in [3.8, 4) is 0 Å². The number of hydrogen-bond donors (Lipinski definition) is 0. The molecule has 1 aromatic carbocycles. The van der Waals surface area contributed by atoms with E-state index in [1.54, 1.807) is 17.5 Å². The third kappa shape index (κ3) is 1.95. The van der Waals surface area contributed by atoms with Crippen molar-refractivity contribution >= 4 is 0 Å². The van der Waals surface area contributed by atoms with Crippen LogP contribution in [-0.4, -0.2) is 0 Å². The molecule has 0 aliphatic heterocycles. The summed E-state index contributed by atoms with van der Waals surface area (Å²) in [5.41, 5.74) is 3.59. The zero-order valence-corrected chi connectivity index (χ0v) is 13.2. The lowest BCUT2D eigenvalue weighted by Crippen LogP contribution is -2.44. The molecule has 20 heavy (non-hydrogen) atoms. The molecule has 4 fully saturated rings. The van der Waals surface area contributed by atoms with Crippen molar-refractivity contribution in [3.63, 3.8) is 0 Å². The Morgan fingerprint density at radius 3 is 1.90 bits per heavy atom. The molecule has 5 rings (SSSR count). The lowest BCUT2D eigenvalue weighted by Gasteiger charge is -2.55. The van der Waals surface area contributed by atoms with E-state index in [0.29, 0.717) is 0 Å². The molecule has 4 aliphatic carbocycles. The highest BCUT2D eigenvalue weighted by molar-refractivity contribution is 5.37. The first-order valence-corrected chi connectivity index (χ1v) is 8.62. The van der Waals surface area contributed by atoms with Crippen LogP contribution in [0.4, 0.5) is 0 Å². The molecular formula is C20H28. The fourth-order valence-corrected chi connectivity index (χ4v) is 5.90. The monoisotopic (exact) mass is 268 g/mol. The summed E-state index contributed by atoms with van der Waals surface area (Å²) in [6.45, 7) is 7.13. The van der Waals surface area contributed by atoms with Crippen molar-refractivity contribution in [1.82, 2.24) is 0 Å². The van der Waals surface area contributed by atoms with Gasteiger partial charge in [-0.3, -0.25) is 0 Å². The van der Waals surface area contributed by atoms with E-state index in [4.69, 9.17) is 0 Å². The summed E-state index contributed by atoms with van der Waals surface area (Å²) in [5, 5.41) is 0. The largest absolute Gasteiger partial charge is 0.0620 e. The summed E-state index contributed by atoms with van der Waals surface area (Å²) in [7, 11) is 0. The van der Waals surface area contributed by atoms with Crippen LogP contribution in [-0.2, 0) is 5.41 Å². The molecule has 4 saturated carbocycles. The van der Waals surface area contributed by atoms with Gasteiger partial charge in [0.1, 0.15) is 0 Å². The zero-order chi connectivity index (χ0) is 13.9. The van der Waals surface area contributed by atoms with Crippen molar-refractivity contribution in [2.45, 2.75) is 64.2 Å². The molecule has 0 nitrogen and oxygen atoms in total. The van der Waals surface area contributed by atoms with E-state index < -0.39 is 0 Å². The Labute approximate surface area is 124 Å². The Bertz CT molecular complexity index is 477. The van der Waals surface area contributed by atoms with E-state index >= 15 is 0 Å². The molecule has 4 aliphatic rings. The standard InChI is InChI=1S/C20H28/c1-20(2,3)18-7-5-4-6-17(18)19-15-9-13-8-14(11-15)12-16(19)10-13/h4-7,13-16,19H,8-12H2,1-3H3. The van der Waals surface area contributed by atoms with Gasteiger partial charge in [-0.15, -0.1) is 0 Å². The van der Waals surface area contributed by atoms with Crippen molar-refractivity contribution in [1.29, 1.82) is 0 Å². The van der Waals surface area contributed by atoms with Crippen LogP contribution >= 0.6 is 0 Å². The molecule has 0 amide bonds. The molecule has 0 spiro atoms. The smallest absolute Gasteiger partial charge is 0.0102 e. The Kier molecular flexibility index (Phi) is 2.81. The lowest BCUT2D eigenvalue weighted by atomic mass is 9.50. The maximum absolute atomic E-state index is 2.45. The summed E-state index contributed by atoms with van der Waals surface area (Å²) in [4.78, 5) is 0. The van der Waals surface area contributed by atoms with Gasteiger partial charge in [-0.05, 0) is 78.2 Å². The quantitative estimate of drug-likeness (QED) is 0.628. The Morgan fingerprint density at radius 2 is 1.35 bits per heavy atom.